The lowest BCUT2D eigenvalue weighted by molar-refractivity contribution is 0.0530. The number of carbonyl (C=O) groups excluding carboxylic acids is 2. The molecule has 0 atom stereocenters. The highest BCUT2D eigenvalue weighted by Gasteiger charge is 2.28. The van der Waals surface area contributed by atoms with Crippen molar-refractivity contribution in [3.05, 3.63) is 78.1 Å². The molecule has 2 heterocycles. The molecule has 1 aliphatic heterocycles. The van der Waals surface area contributed by atoms with Crippen molar-refractivity contribution >= 4 is 23.6 Å². The molecule has 1 fully saturated rings. The first kappa shape index (κ1) is 19.3. The summed E-state index contributed by atoms with van der Waals surface area (Å²) in [7, 11) is 0. The zero-order valence-corrected chi connectivity index (χ0v) is 17.0. The molecular formula is C22H22N4O2S. The van der Waals surface area contributed by atoms with E-state index in [2.05, 4.69) is 4.98 Å². The van der Waals surface area contributed by atoms with Crippen LogP contribution in [-0.2, 0) is 0 Å². The molecule has 7 heteroatoms. The number of benzene rings is 2. The summed E-state index contributed by atoms with van der Waals surface area (Å²) in [4.78, 5) is 33.9. The third kappa shape index (κ3) is 3.91. The fourth-order valence-corrected chi connectivity index (χ4v) is 4.04. The molecule has 0 radical (unpaired) electrons. The number of hydrogen-bond acceptors (Lipinski definition) is 4. The zero-order chi connectivity index (χ0) is 20.2. The fraction of sp³-hybridized carbons (Fsp3) is 0.227. The molecule has 1 aromatic heterocycles. The van der Waals surface area contributed by atoms with Crippen LogP contribution in [0, 0.1) is 0 Å². The van der Waals surface area contributed by atoms with Gasteiger partial charge in [-0.05, 0) is 30.5 Å². The van der Waals surface area contributed by atoms with Crippen molar-refractivity contribution < 1.29 is 9.59 Å². The minimum absolute atomic E-state index is 0.0108. The maximum absolute atomic E-state index is 13.2. The number of amides is 2. The molecule has 0 saturated carbocycles. The Labute approximate surface area is 174 Å². The van der Waals surface area contributed by atoms with E-state index in [9.17, 15) is 9.59 Å². The second-order valence-corrected chi connectivity index (χ2v) is 7.52. The van der Waals surface area contributed by atoms with Gasteiger partial charge in [0.25, 0.3) is 11.8 Å². The minimum atomic E-state index is -0.0616. The smallest absolute Gasteiger partial charge is 0.272 e. The minimum Gasteiger partial charge on any atom is -0.335 e. The first-order chi connectivity index (χ1) is 14.2. The van der Waals surface area contributed by atoms with E-state index < -0.39 is 0 Å². The molecule has 29 heavy (non-hydrogen) atoms. The van der Waals surface area contributed by atoms with E-state index in [0.29, 0.717) is 37.4 Å². The number of rotatable bonds is 4. The van der Waals surface area contributed by atoms with Crippen LogP contribution in [0.1, 0.15) is 20.8 Å². The second kappa shape index (κ2) is 8.53. The predicted octanol–water partition coefficient (Wildman–Crippen LogP) is 3.19. The van der Waals surface area contributed by atoms with Crippen molar-refractivity contribution in [3.8, 4) is 5.69 Å². The summed E-state index contributed by atoms with van der Waals surface area (Å²) in [5, 5.41) is 0.775. The van der Waals surface area contributed by atoms with Gasteiger partial charge in [0.1, 0.15) is 5.69 Å². The van der Waals surface area contributed by atoms with Crippen molar-refractivity contribution in [1.29, 1.82) is 0 Å². The van der Waals surface area contributed by atoms with Gasteiger partial charge in [0.15, 0.2) is 5.16 Å². The summed E-state index contributed by atoms with van der Waals surface area (Å²) in [6.45, 7) is 2.06. The lowest BCUT2D eigenvalue weighted by Crippen LogP contribution is -2.50. The predicted molar refractivity (Wildman–Crippen MR) is 114 cm³/mol. The highest BCUT2D eigenvalue weighted by molar-refractivity contribution is 7.98. The van der Waals surface area contributed by atoms with Gasteiger partial charge in [0, 0.05) is 37.4 Å². The number of thioether (sulfide) groups is 1. The van der Waals surface area contributed by atoms with Crippen molar-refractivity contribution in [3.63, 3.8) is 0 Å². The fourth-order valence-electron chi connectivity index (χ4n) is 3.49. The summed E-state index contributed by atoms with van der Waals surface area (Å²) in [5.74, 6) is -0.0508. The van der Waals surface area contributed by atoms with Crippen molar-refractivity contribution in [2.75, 3.05) is 32.4 Å². The topological polar surface area (TPSA) is 58.4 Å². The van der Waals surface area contributed by atoms with Gasteiger partial charge < -0.3 is 9.80 Å². The van der Waals surface area contributed by atoms with Gasteiger partial charge in [-0.2, -0.15) is 0 Å². The van der Waals surface area contributed by atoms with Crippen LogP contribution in [0.4, 0.5) is 0 Å². The largest absolute Gasteiger partial charge is 0.335 e. The third-order valence-electron chi connectivity index (χ3n) is 5.02. The molecule has 0 bridgehead atoms. The van der Waals surface area contributed by atoms with Crippen LogP contribution in [-0.4, -0.2) is 63.6 Å². The quantitative estimate of drug-likeness (QED) is 0.625. The summed E-state index contributed by atoms with van der Waals surface area (Å²) in [6, 6.07) is 19.0. The van der Waals surface area contributed by atoms with E-state index >= 15 is 0 Å². The number of hydrogen-bond donors (Lipinski definition) is 0. The molecule has 2 amide bonds. The zero-order valence-electron chi connectivity index (χ0n) is 16.2. The molecule has 148 valence electrons. The number of aromatic nitrogens is 2. The molecule has 6 nitrogen and oxygen atoms in total. The molecule has 1 saturated heterocycles. The van der Waals surface area contributed by atoms with Crippen molar-refractivity contribution in [2.24, 2.45) is 0 Å². The standard InChI is InChI=1S/C22H22N4O2S/c1-29-22-23-16-19(26(22)18-10-6-3-7-11-18)21(28)25-14-12-24(13-15-25)20(27)17-8-4-2-5-9-17/h2-11,16H,12-15H2,1H3. The van der Waals surface area contributed by atoms with E-state index in [1.54, 1.807) is 16.0 Å². The van der Waals surface area contributed by atoms with Crippen LogP contribution in [0.2, 0.25) is 0 Å². The second-order valence-electron chi connectivity index (χ2n) is 6.75. The first-order valence-corrected chi connectivity index (χ1v) is 10.7. The van der Waals surface area contributed by atoms with E-state index in [1.807, 2.05) is 71.5 Å². The maximum atomic E-state index is 13.2. The van der Waals surface area contributed by atoms with Crippen LogP contribution in [0.25, 0.3) is 5.69 Å². The van der Waals surface area contributed by atoms with Gasteiger partial charge in [-0.1, -0.05) is 48.2 Å². The van der Waals surface area contributed by atoms with Gasteiger partial charge in [0.05, 0.1) is 6.20 Å². The number of para-hydroxylation sites is 1. The van der Waals surface area contributed by atoms with Gasteiger partial charge in [0.2, 0.25) is 0 Å². The molecule has 0 aliphatic carbocycles. The molecule has 0 spiro atoms. The molecule has 0 unspecified atom stereocenters. The summed E-state index contributed by atoms with van der Waals surface area (Å²) >= 11 is 1.51. The average molecular weight is 407 g/mol. The monoisotopic (exact) mass is 406 g/mol. The van der Waals surface area contributed by atoms with Gasteiger partial charge >= 0.3 is 0 Å². The summed E-state index contributed by atoms with van der Waals surface area (Å²) in [5.41, 5.74) is 2.14. The van der Waals surface area contributed by atoms with Crippen molar-refractivity contribution in [1.82, 2.24) is 19.4 Å². The normalized spacial score (nSPS) is 14.1. The SMILES string of the molecule is CSc1ncc(C(=O)N2CCN(C(=O)c3ccccc3)CC2)n1-c1ccccc1. The van der Waals surface area contributed by atoms with Crippen LogP contribution in [0.5, 0.6) is 0 Å². The van der Waals surface area contributed by atoms with E-state index in [0.717, 1.165) is 10.8 Å². The molecule has 2 aromatic carbocycles. The van der Waals surface area contributed by atoms with Crippen LogP contribution in [0.15, 0.2) is 72.0 Å². The Morgan fingerprint density at radius 2 is 1.38 bits per heavy atom. The van der Waals surface area contributed by atoms with Crippen LogP contribution < -0.4 is 0 Å². The summed E-state index contributed by atoms with van der Waals surface area (Å²) in [6.07, 6.45) is 3.59. The molecule has 1 aliphatic rings. The lowest BCUT2D eigenvalue weighted by atomic mass is 10.2. The van der Waals surface area contributed by atoms with Crippen LogP contribution in [0.3, 0.4) is 0 Å². The van der Waals surface area contributed by atoms with Gasteiger partial charge in [-0.25, -0.2) is 4.98 Å². The van der Waals surface area contributed by atoms with Gasteiger partial charge in [-0.15, -0.1) is 0 Å². The average Bonchev–Trinajstić information content (AvgIpc) is 3.23. The highest BCUT2D eigenvalue weighted by Crippen LogP contribution is 2.23. The number of imidazole rings is 1. The van der Waals surface area contributed by atoms with Crippen LogP contribution >= 0.6 is 11.8 Å². The Morgan fingerprint density at radius 1 is 0.828 bits per heavy atom. The Balaban J connectivity index is 1.50. The third-order valence-corrected chi connectivity index (χ3v) is 5.67. The number of nitrogens with zero attached hydrogens (tertiary/aromatic N) is 4. The molecule has 4 rings (SSSR count). The molecule has 3 aromatic rings. The summed E-state index contributed by atoms with van der Waals surface area (Å²) < 4.78 is 1.90. The van der Waals surface area contributed by atoms with E-state index in [1.165, 1.54) is 11.8 Å². The van der Waals surface area contributed by atoms with E-state index in [-0.39, 0.29) is 11.8 Å². The van der Waals surface area contributed by atoms with E-state index in [4.69, 9.17) is 0 Å². The maximum Gasteiger partial charge on any atom is 0.272 e. The first-order valence-electron chi connectivity index (χ1n) is 9.50. The Morgan fingerprint density at radius 3 is 1.97 bits per heavy atom. The Bertz CT molecular complexity index is 996. The number of piperazine rings is 1. The Kier molecular flexibility index (Phi) is 5.67. The molecular weight excluding hydrogens is 384 g/mol. The molecule has 0 N–H and O–H groups in total. The number of carbonyl (C=O) groups is 2. The lowest BCUT2D eigenvalue weighted by Gasteiger charge is -2.34. The van der Waals surface area contributed by atoms with Gasteiger partial charge in [-0.3, -0.25) is 14.2 Å². The Hall–Kier alpha value is -3.06. The van der Waals surface area contributed by atoms with Crippen molar-refractivity contribution in [2.45, 2.75) is 5.16 Å². The highest BCUT2D eigenvalue weighted by atomic mass is 32.2.